The van der Waals surface area contributed by atoms with Gasteiger partial charge in [-0.1, -0.05) is 34.5 Å². The van der Waals surface area contributed by atoms with Gasteiger partial charge >= 0.3 is 0 Å². The quantitative estimate of drug-likeness (QED) is 0.918. The molecule has 0 aliphatic carbocycles. The number of nitrogens with two attached hydrogens (primary N) is 1. The fourth-order valence-corrected chi connectivity index (χ4v) is 1.55. The fourth-order valence-electron chi connectivity index (χ4n) is 1.05. The van der Waals surface area contributed by atoms with E-state index in [1.165, 1.54) is 0 Å². The van der Waals surface area contributed by atoms with E-state index in [-0.39, 0.29) is 6.10 Å². The third-order valence-corrected chi connectivity index (χ3v) is 2.71. The van der Waals surface area contributed by atoms with Crippen LogP contribution in [0, 0.1) is 0 Å². The monoisotopic (exact) mass is 277 g/mol. The second-order valence-electron chi connectivity index (χ2n) is 2.96. The third kappa shape index (κ3) is 3.15. The van der Waals surface area contributed by atoms with Crippen LogP contribution >= 0.6 is 27.5 Å². The van der Waals surface area contributed by atoms with E-state index in [0.29, 0.717) is 17.3 Å². The van der Waals surface area contributed by atoms with Gasteiger partial charge in [-0.05, 0) is 24.6 Å². The van der Waals surface area contributed by atoms with Crippen molar-refractivity contribution in [3.8, 4) is 5.75 Å². The van der Waals surface area contributed by atoms with Gasteiger partial charge in [0.05, 0.1) is 5.02 Å². The predicted molar refractivity (Wildman–Crippen MR) is 62.9 cm³/mol. The molecule has 78 valence electrons. The zero-order valence-electron chi connectivity index (χ0n) is 7.97. The van der Waals surface area contributed by atoms with Crippen molar-refractivity contribution in [2.24, 2.45) is 5.73 Å². The summed E-state index contributed by atoms with van der Waals surface area (Å²) in [4.78, 5) is 0. The first-order chi connectivity index (χ1) is 6.67. The summed E-state index contributed by atoms with van der Waals surface area (Å²) in [6, 6.07) is 5.52. The second kappa shape index (κ2) is 5.59. The van der Waals surface area contributed by atoms with Crippen LogP contribution < -0.4 is 10.5 Å². The Morgan fingerprint density at radius 3 is 2.86 bits per heavy atom. The van der Waals surface area contributed by atoms with Crippen molar-refractivity contribution >= 4 is 27.5 Å². The van der Waals surface area contributed by atoms with Crippen LogP contribution in [0.2, 0.25) is 5.02 Å². The van der Waals surface area contributed by atoms with Gasteiger partial charge in [0.2, 0.25) is 0 Å². The van der Waals surface area contributed by atoms with E-state index in [1.54, 1.807) is 6.07 Å². The van der Waals surface area contributed by atoms with E-state index < -0.39 is 0 Å². The number of halogens is 2. The van der Waals surface area contributed by atoms with Gasteiger partial charge in [0.15, 0.2) is 0 Å². The van der Waals surface area contributed by atoms with Gasteiger partial charge in [0, 0.05) is 11.0 Å². The molecular weight excluding hydrogens is 265 g/mol. The fraction of sp³-hybridized carbons (Fsp3) is 0.400. The Bertz CT molecular complexity index is 302. The van der Waals surface area contributed by atoms with Crippen LogP contribution in [0.5, 0.6) is 5.75 Å². The molecule has 1 rings (SSSR count). The molecule has 0 bridgehead atoms. The van der Waals surface area contributed by atoms with Crippen LogP contribution in [0.25, 0.3) is 0 Å². The number of rotatable bonds is 4. The summed E-state index contributed by atoms with van der Waals surface area (Å²) in [5, 5.41) is 0.611. The summed E-state index contributed by atoms with van der Waals surface area (Å²) in [7, 11) is 0. The molecule has 1 aromatic carbocycles. The standard InChI is InChI=1S/C10H13BrClNO/c1-2-8(6-13)14-10-5-7(11)3-4-9(10)12/h3-5,8H,2,6,13H2,1H3. The lowest BCUT2D eigenvalue weighted by Crippen LogP contribution is -2.25. The maximum Gasteiger partial charge on any atom is 0.139 e. The Labute approximate surface area is 97.5 Å². The molecule has 0 aromatic heterocycles. The number of ether oxygens (including phenoxy) is 1. The number of benzene rings is 1. The second-order valence-corrected chi connectivity index (χ2v) is 4.28. The Morgan fingerprint density at radius 1 is 1.57 bits per heavy atom. The summed E-state index contributed by atoms with van der Waals surface area (Å²) >= 11 is 9.33. The van der Waals surface area contributed by atoms with E-state index in [1.807, 2.05) is 19.1 Å². The highest BCUT2D eigenvalue weighted by Gasteiger charge is 2.08. The maximum absolute atomic E-state index is 5.97. The van der Waals surface area contributed by atoms with Crippen molar-refractivity contribution in [1.82, 2.24) is 0 Å². The molecule has 0 spiro atoms. The van der Waals surface area contributed by atoms with Crippen LogP contribution in [0.1, 0.15) is 13.3 Å². The average molecular weight is 279 g/mol. The molecule has 0 saturated heterocycles. The summed E-state index contributed by atoms with van der Waals surface area (Å²) in [6.07, 6.45) is 0.904. The first kappa shape index (κ1) is 11.8. The normalized spacial score (nSPS) is 12.6. The minimum atomic E-state index is 0.0294. The Kier molecular flexibility index (Phi) is 4.72. The van der Waals surface area contributed by atoms with E-state index in [9.17, 15) is 0 Å². The van der Waals surface area contributed by atoms with Gasteiger partial charge in [0.25, 0.3) is 0 Å². The lowest BCUT2D eigenvalue weighted by atomic mass is 10.2. The number of hydrogen-bond donors (Lipinski definition) is 1. The molecule has 0 heterocycles. The van der Waals surface area contributed by atoms with Crippen molar-refractivity contribution in [1.29, 1.82) is 0 Å². The van der Waals surface area contributed by atoms with Crippen molar-refractivity contribution in [3.63, 3.8) is 0 Å². The molecule has 4 heteroatoms. The maximum atomic E-state index is 5.97. The van der Waals surface area contributed by atoms with Gasteiger partial charge in [-0.15, -0.1) is 0 Å². The van der Waals surface area contributed by atoms with Crippen molar-refractivity contribution in [2.45, 2.75) is 19.4 Å². The Balaban J connectivity index is 2.79. The van der Waals surface area contributed by atoms with Crippen molar-refractivity contribution in [2.75, 3.05) is 6.54 Å². The first-order valence-corrected chi connectivity index (χ1v) is 5.66. The molecule has 0 fully saturated rings. The van der Waals surface area contributed by atoms with Gasteiger partial charge in [-0.2, -0.15) is 0 Å². The van der Waals surface area contributed by atoms with Gasteiger partial charge < -0.3 is 10.5 Å². The molecular formula is C10H13BrClNO. The Morgan fingerprint density at radius 2 is 2.29 bits per heavy atom. The average Bonchev–Trinajstić information content (AvgIpc) is 2.19. The van der Waals surface area contributed by atoms with E-state index in [0.717, 1.165) is 10.9 Å². The van der Waals surface area contributed by atoms with E-state index in [2.05, 4.69) is 15.9 Å². The molecule has 0 radical (unpaired) electrons. The summed E-state index contributed by atoms with van der Waals surface area (Å²) in [6.45, 7) is 2.53. The van der Waals surface area contributed by atoms with Crippen LogP contribution in [0.15, 0.2) is 22.7 Å². The van der Waals surface area contributed by atoms with E-state index in [4.69, 9.17) is 22.1 Å². The minimum absolute atomic E-state index is 0.0294. The smallest absolute Gasteiger partial charge is 0.139 e. The van der Waals surface area contributed by atoms with Crippen LogP contribution in [0.3, 0.4) is 0 Å². The molecule has 0 aliphatic rings. The zero-order chi connectivity index (χ0) is 10.6. The highest BCUT2D eigenvalue weighted by Crippen LogP contribution is 2.28. The molecule has 1 atom stereocenters. The largest absolute Gasteiger partial charge is 0.488 e. The molecule has 0 amide bonds. The third-order valence-electron chi connectivity index (χ3n) is 1.91. The molecule has 1 aromatic rings. The predicted octanol–water partition coefficient (Wildman–Crippen LogP) is 3.22. The van der Waals surface area contributed by atoms with Crippen LogP contribution in [0.4, 0.5) is 0 Å². The molecule has 14 heavy (non-hydrogen) atoms. The zero-order valence-corrected chi connectivity index (χ0v) is 10.3. The lowest BCUT2D eigenvalue weighted by molar-refractivity contribution is 0.205. The summed E-state index contributed by atoms with van der Waals surface area (Å²) in [5.74, 6) is 0.679. The molecule has 2 N–H and O–H groups in total. The Hall–Kier alpha value is -0.250. The molecule has 2 nitrogen and oxygen atoms in total. The minimum Gasteiger partial charge on any atom is -0.488 e. The van der Waals surface area contributed by atoms with Crippen molar-refractivity contribution < 1.29 is 4.74 Å². The molecule has 0 saturated carbocycles. The topological polar surface area (TPSA) is 35.2 Å². The lowest BCUT2D eigenvalue weighted by Gasteiger charge is -2.16. The summed E-state index contributed by atoms with van der Waals surface area (Å²) in [5.41, 5.74) is 5.54. The highest BCUT2D eigenvalue weighted by molar-refractivity contribution is 9.10. The highest BCUT2D eigenvalue weighted by atomic mass is 79.9. The van der Waals surface area contributed by atoms with Crippen molar-refractivity contribution in [3.05, 3.63) is 27.7 Å². The molecule has 1 unspecified atom stereocenters. The van der Waals surface area contributed by atoms with Gasteiger partial charge in [0.1, 0.15) is 11.9 Å². The number of hydrogen-bond acceptors (Lipinski definition) is 2. The SMILES string of the molecule is CCC(CN)Oc1cc(Br)ccc1Cl. The van der Waals surface area contributed by atoms with Crippen LogP contribution in [-0.4, -0.2) is 12.6 Å². The first-order valence-electron chi connectivity index (χ1n) is 4.49. The van der Waals surface area contributed by atoms with Crippen LogP contribution in [-0.2, 0) is 0 Å². The van der Waals surface area contributed by atoms with E-state index >= 15 is 0 Å². The molecule has 0 aliphatic heterocycles. The summed E-state index contributed by atoms with van der Waals surface area (Å²) < 4.78 is 6.59. The van der Waals surface area contributed by atoms with Gasteiger partial charge in [-0.3, -0.25) is 0 Å². The van der Waals surface area contributed by atoms with Gasteiger partial charge in [-0.25, -0.2) is 0 Å².